The Morgan fingerprint density at radius 1 is 1.20 bits per heavy atom. The van der Waals surface area contributed by atoms with E-state index in [2.05, 4.69) is 15.2 Å². The lowest BCUT2D eigenvalue weighted by Gasteiger charge is -2.15. The molecule has 0 saturated carbocycles. The van der Waals surface area contributed by atoms with Gasteiger partial charge in [-0.3, -0.25) is 4.79 Å². The first kappa shape index (κ1) is 15.8. The third-order valence-corrected chi connectivity index (χ3v) is 5.05. The van der Waals surface area contributed by atoms with Gasteiger partial charge in [-0.15, -0.1) is 21.5 Å². The Labute approximate surface area is 148 Å². The number of rotatable bonds is 4. The number of methoxy groups -OCH3 is 1. The molecular weight excluding hydrogens is 340 g/mol. The fourth-order valence-corrected chi connectivity index (χ4v) is 3.69. The van der Waals surface area contributed by atoms with Crippen LogP contribution in [0.3, 0.4) is 0 Å². The van der Waals surface area contributed by atoms with E-state index in [1.165, 1.54) is 18.4 Å². The lowest BCUT2D eigenvalue weighted by molar-refractivity contribution is 0.0770. The van der Waals surface area contributed by atoms with Gasteiger partial charge < -0.3 is 14.4 Å². The minimum absolute atomic E-state index is 0.0480. The van der Waals surface area contributed by atoms with Crippen molar-refractivity contribution in [3.8, 4) is 11.8 Å². The number of nitrogens with zero attached hydrogens (tertiary/aromatic N) is 4. The molecule has 1 aliphatic rings. The van der Waals surface area contributed by atoms with Gasteiger partial charge in [-0.05, 0) is 12.1 Å². The average molecular weight is 356 g/mol. The zero-order valence-electron chi connectivity index (χ0n) is 13.6. The van der Waals surface area contributed by atoms with E-state index >= 15 is 0 Å². The molecular formula is C17H16N4O3S. The summed E-state index contributed by atoms with van der Waals surface area (Å²) in [5, 5.41) is 8.36. The highest BCUT2D eigenvalue weighted by molar-refractivity contribution is 7.20. The molecule has 1 unspecified atom stereocenters. The number of likely N-dealkylation sites (tertiary alicyclic amines) is 1. The number of benzene rings is 1. The first-order valence-electron chi connectivity index (χ1n) is 7.92. The van der Waals surface area contributed by atoms with Gasteiger partial charge in [0.25, 0.3) is 5.91 Å². The Morgan fingerprint density at radius 2 is 2.00 bits per heavy atom. The molecule has 3 aromatic rings. The molecule has 0 bridgehead atoms. The largest absolute Gasteiger partial charge is 0.480 e. The van der Waals surface area contributed by atoms with Crippen LogP contribution in [0.2, 0.25) is 0 Å². The molecule has 1 aliphatic heterocycles. The van der Waals surface area contributed by atoms with Crippen LogP contribution in [0.1, 0.15) is 16.2 Å². The highest BCUT2D eigenvalue weighted by Crippen LogP contribution is 2.25. The van der Waals surface area contributed by atoms with E-state index in [0.29, 0.717) is 29.9 Å². The Morgan fingerprint density at radius 3 is 2.76 bits per heavy atom. The molecule has 3 heterocycles. The quantitative estimate of drug-likeness (QED) is 0.714. The second kappa shape index (κ2) is 6.64. The minimum Gasteiger partial charge on any atom is -0.480 e. The summed E-state index contributed by atoms with van der Waals surface area (Å²) in [5.41, 5.74) is 0.858. The number of carbonyl (C=O) groups excluding carboxylic acids is 1. The molecule has 1 fully saturated rings. The Balaban J connectivity index is 1.41. The number of carbonyl (C=O) groups is 1. The second-order valence-corrected chi connectivity index (χ2v) is 6.71. The first-order chi connectivity index (χ1) is 12.2. The van der Waals surface area contributed by atoms with Crippen LogP contribution >= 0.6 is 11.3 Å². The van der Waals surface area contributed by atoms with Crippen molar-refractivity contribution in [1.29, 1.82) is 0 Å². The number of aromatic nitrogens is 3. The average Bonchev–Trinajstić information content (AvgIpc) is 3.28. The third-order valence-electron chi connectivity index (χ3n) is 4.02. The molecule has 128 valence electrons. The maximum atomic E-state index is 12.7. The van der Waals surface area contributed by atoms with Crippen LogP contribution in [0.25, 0.3) is 10.2 Å². The first-order valence-corrected chi connectivity index (χ1v) is 8.74. The summed E-state index contributed by atoms with van der Waals surface area (Å²) in [5.74, 6) is 0.819. The maximum Gasteiger partial charge on any atom is 0.283 e. The SMILES string of the molecule is COc1ccc(OC2CCN(C(=O)c3nc4ccccc4s3)C2)nn1. The molecule has 1 atom stereocenters. The van der Waals surface area contributed by atoms with Crippen molar-refractivity contribution in [2.24, 2.45) is 0 Å². The van der Waals surface area contributed by atoms with E-state index in [1.807, 2.05) is 24.3 Å². The van der Waals surface area contributed by atoms with Crippen LogP contribution in [0.4, 0.5) is 0 Å². The normalized spacial score (nSPS) is 17.0. The third kappa shape index (κ3) is 3.25. The Bertz CT molecular complexity index is 863. The van der Waals surface area contributed by atoms with E-state index < -0.39 is 0 Å². The molecule has 8 heteroatoms. The fourth-order valence-electron chi connectivity index (χ4n) is 2.76. The zero-order chi connectivity index (χ0) is 17.2. The molecule has 1 amide bonds. The predicted molar refractivity (Wildman–Crippen MR) is 93.1 cm³/mol. The number of hydrogen-bond donors (Lipinski definition) is 0. The van der Waals surface area contributed by atoms with E-state index in [0.717, 1.165) is 16.6 Å². The number of para-hydroxylation sites is 1. The Hall–Kier alpha value is -2.74. The summed E-state index contributed by atoms with van der Waals surface area (Å²) in [6.45, 7) is 1.16. The molecule has 0 radical (unpaired) electrons. The van der Waals surface area contributed by atoms with Crippen molar-refractivity contribution in [2.75, 3.05) is 20.2 Å². The second-order valence-electron chi connectivity index (χ2n) is 5.68. The fraction of sp³-hybridized carbons (Fsp3) is 0.294. The number of fused-ring (bicyclic) bond motifs is 1. The summed E-state index contributed by atoms with van der Waals surface area (Å²) < 4.78 is 11.8. The van der Waals surface area contributed by atoms with Crippen molar-refractivity contribution in [3.05, 3.63) is 41.4 Å². The molecule has 25 heavy (non-hydrogen) atoms. The standard InChI is InChI=1S/C17H16N4O3S/c1-23-14-6-7-15(20-19-14)24-11-8-9-21(10-11)17(22)16-18-12-4-2-3-5-13(12)25-16/h2-7,11H,8-10H2,1H3. The van der Waals surface area contributed by atoms with E-state index in [-0.39, 0.29) is 12.0 Å². The van der Waals surface area contributed by atoms with Crippen LogP contribution in [0, 0.1) is 0 Å². The van der Waals surface area contributed by atoms with Crippen molar-refractivity contribution >= 4 is 27.5 Å². The molecule has 0 N–H and O–H groups in total. The molecule has 4 rings (SSSR count). The van der Waals surface area contributed by atoms with Gasteiger partial charge in [0.05, 0.1) is 23.9 Å². The lowest BCUT2D eigenvalue weighted by atomic mass is 10.3. The van der Waals surface area contributed by atoms with Gasteiger partial charge >= 0.3 is 0 Å². The summed E-state index contributed by atoms with van der Waals surface area (Å²) in [6, 6.07) is 11.2. The van der Waals surface area contributed by atoms with Gasteiger partial charge in [-0.25, -0.2) is 4.98 Å². The zero-order valence-corrected chi connectivity index (χ0v) is 14.4. The van der Waals surface area contributed by atoms with Crippen LogP contribution < -0.4 is 9.47 Å². The summed E-state index contributed by atoms with van der Waals surface area (Å²) in [7, 11) is 1.53. The molecule has 2 aromatic heterocycles. The molecule has 1 aromatic carbocycles. The summed E-state index contributed by atoms with van der Waals surface area (Å²) in [4.78, 5) is 18.9. The molecule has 7 nitrogen and oxygen atoms in total. The number of amides is 1. The van der Waals surface area contributed by atoms with Gasteiger partial charge in [0.2, 0.25) is 11.8 Å². The van der Waals surface area contributed by atoms with Crippen molar-refractivity contribution in [1.82, 2.24) is 20.1 Å². The highest BCUT2D eigenvalue weighted by atomic mass is 32.1. The lowest BCUT2D eigenvalue weighted by Crippen LogP contribution is -2.30. The van der Waals surface area contributed by atoms with Crippen LogP contribution in [-0.2, 0) is 0 Å². The van der Waals surface area contributed by atoms with Gasteiger partial charge in [0.1, 0.15) is 6.10 Å². The molecule has 1 saturated heterocycles. The smallest absolute Gasteiger partial charge is 0.283 e. The van der Waals surface area contributed by atoms with Crippen molar-refractivity contribution < 1.29 is 14.3 Å². The van der Waals surface area contributed by atoms with Crippen LogP contribution in [0.15, 0.2) is 36.4 Å². The van der Waals surface area contributed by atoms with Gasteiger partial charge in [0, 0.05) is 25.1 Å². The summed E-state index contributed by atoms with van der Waals surface area (Å²) in [6.07, 6.45) is 0.658. The minimum atomic E-state index is -0.0963. The van der Waals surface area contributed by atoms with Crippen molar-refractivity contribution in [3.63, 3.8) is 0 Å². The van der Waals surface area contributed by atoms with Crippen molar-refractivity contribution in [2.45, 2.75) is 12.5 Å². The molecule has 0 spiro atoms. The summed E-state index contributed by atoms with van der Waals surface area (Å²) >= 11 is 1.42. The molecule has 0 aliphatic carbocycles. The van der Waals surface area contributed by atoms with E-state index in [9.17, 15) is 4.79 Å². The van der Waals surface area contributed by atoms with Crippen LogP contribution in [-0.4, -0.2) is 52.3 Å². The monoisotopic (exact) mass is 356 g/mol. The highest BCUT2D eigenvalue weighted by Gasteiger charge is 2.30. The van der Waals surface area contributed by atoms with E-state index in [4.69, 9.17) is 9.47 Å². The van der Waals surface area contributed by atoms with Crippen LogP contribution in [0.5, 0.6) is 11.8 Å². The number of thiazole rings is 1. The van der Waals surface area contributed by atoms with Gasteiger partial charge in [0.15, 0.2) is 5.01 Å². The predicted octanol–water partition coefficient (Wildman–Crippen LogP) is 2.39. The topological polar surface area (TPSA) is 77.4 Å². The number of hydrogen-bond acceptors (Lipinski definition) is 7. The van der Waals surface area contributed by atoms with E-state index in [1.54, 1.807) is 17.0 Å². The van der Waals surface area contributed by atoms with Gasteiger partial charge in [-0.2, -0.15) is 0 Å². The maximum absolute atomic E-state index is 12.7. The Kier molecular flexibility index (Phi) is 4.19. The van der Waals surface area contributed by atoms with Gasteiger partial charge in [-0.1, -0.05) is 12.1 Å². The number of ether oxygens (including phenoxy) is 2.